The molecule has 1 unspecified atom stereocenters. The summed E-state index contributed by atoms with van der Waals surface area (Å²) in [5.74, 6) is -1.33. The number of carbonyl (C=O) groups is 1. The third-order valence-corrected chi connectivity index (χ3v) is 2.84. The van der Waals surface area contributed by atoms with Crippen LogP contribution in [0.1, 0.15) is 16.8 Å². The number of hydroxylamine groups is 1. The summed E-state index contributed by atoms with van der Waals surface area (Å²) in [4.78, 5) is 16.8. The maximum atomic E-state index is 13.4. The first-order valence-corrected chi connectivity index (χ1v) is 5.67. The van der Waals surface area contributed by atoms with Crippen LogP contribution in [0.2, 0.25) is 5.02 Å². The van der Waals surface area contributed by atoms with E-state index in [9.17, 15) is 9.18 Å². The predicted molar refractivity (Wildman–Crippen MR) is 61.2 cm³/mol. The fourth-order valence-electron chi connectivity index (χ4n) is 1.63. The highest BCUT2D eigenvalue weighted by molar-refractivity contribution is 6.33. The minimum atomic E-state index is -0.667. The molecule has 1 heterocycles. The first kappa shape index (κ1) is 12.3. The molecule has 2 rings (SSSR count). The zero-order chi connectivity index (χ0) is 12.3. The summed E-state index contributed by atoms with van der Waals surface area (Å²) in [6.07, 6.45) is 0.732. The number of carbonyl (C=O) groups excluding carboxylic acids is 1. The van der Waals surface area contributed by atoms with Crippen LogP contribution in [0.5, 0.6) is 0 Å². The maximum Gasteiger partial charge on any atom is 0.279 e. The minimum Gasteiger partial charge on any atom is -0.314 e. The van der Waals surface area contributed by atoms with Crippen molar-refractivity contribution in [2.24, 2.45) is 0 Å². The minimum absolute atomic E-state index is 0.0654. The molecule has 92 valence electrons. The number of halogens is 2. The molecule has 1 aliphatic heterocycles. The van der Waals surface area contributed by atoms with Gasteiger partial charge in [-0.25, -0.2) is 9.87 Å². The van der Waals surface area contributed by atoms with Gasteiger partial charge in [0.1, 0.15) is 5.82 Å². The Kier molecular flexibility index (Phi) is 3.93. The van der Waals surface area contributed by atoms with Gasteiger partial charge in [0.2, 0.25) is 0 Å². The molecule has 0 aliphatic carbocycles. The van der Waals surface area contributed by atoms with Crippen molar-refractivity contribution < 1.29 is 14.0 Å². The van der Waals surface area contributed by atoms with E-state index in [1.807, 2.05) is 0 Å². The summed E-state index contributed by atoms with van der Waals surface area (Å²) in [5, 5.41) is 3.15. The van der Waals surface area contributed by atoms with E-state index >= 15 is 0 Å². The summed E-state index contributed by atoms with van der Waals surface area (Å²) in [7, 11) is 0. The highest BCUT2D eigenvalue weighted by atomic mass is 35.5. The van der Waals surface area contributed by atoms with E-state index in [4.69, 9.17) is 16.4 Å². The van der Waals surface area contributed by atoms with E-state index in [2.05, 4.69) is 10.8 Å². The van der Waals surface area contributed by atoms with E-state index in [1.54, 1.807) is 0 Å². The highest BCUT2D eigenvalue weighted by Gasteiger charge is 2.19. The molecule has 2 N–H and O–H groups in total. The molecule has 0 radical (unpaired) electrons. The number of hydrogen-bond donors (Lipinski definition) is 2. The van der Waals surface area contributed by atoms with Gasteiger partial charge in [0, 0.05) is 6.54 Å². The molecule has 1 aromatic carbocycles. The third-order valence-electron chi connectivity index (χ3n) is 2.52. The average molecular weight is 259 g/mol. The molecule has 1 aromatic rings. The zero-order valence-electron chi connectivity index (χ0n) is 9.00. The highest BCUT2D eigenvalue weighted by Crippen LogP contribution is 2.18. The second-order valence-electron chi connectivity index (χ2n) is 3.76. The molecular weight excluding hydrogens is 247 g/mol. The Morgan fingerprint density at radius 3 is 3.06 bits per heavy atom. The molecule has 1 atom stereocenters. The summed E-state index contributed by atoms with van der Waals surface area (Å²) >= 11 is 5.75. The molecule has 0 saturated carbocycles. The van der Waals surface area contributed by atoms with Crippen molar-refractivity contribution in [2.75, 3.05) is 13.1 Å². The van der Waals surface area contributed by atoms with Crippen LogP contribution in [-0.4, -0.2) is 25.1 Å². The number of amides is 1. The van der Waals surface area contributed by atoms with Gasteiger partial charge in [0.05, 0.1) is 16.7 Å². The van der Waals surface area contributed by atoms with Crippen LogP contribution in [-0.2, 0) is 4.84 Å². The average Bonchev–Trinajstić information content (AvgIpc) is 2.79. The lowest BCUT2D eigenvalue weighted by Gasteiger charge is -2.11. The van der Waals surface area contributed by atoms with E-state index in [1.165, 1.54) is 18.2 Å². The topological polar surface area (TPSA) is 50.4 Å². The Bertz CT molecular complexity index is 402. The fraction of sp³-hybridized carbons (Fsp3) is 0.364. The van der Waals surface area contributed by atoms with Crippen LogP contribution in [0.4, 0.5) is 4.39 Å². The van der Waals surface area contributed by atoms with Crippen molar-refractivity contribution in [3.63, 3.8) is 0 Å². The van der Waals surface area contributed by atoms with Gasteiger partial charge in [-0.2, -0.15) is 0 Å². The Balaban J connectivity index is 1.99. The van der Waals surface area contributed by atoms with Crippen LogP contribution in [0.25, 0.3) is 0 Å². The van der Waals surface area contributed by atoms with Gasteiger partial charge in [-0.05, 0) is 25.1 Å². The van der Waals surface area contributed by atoms with E-state index in [0.717, 1.165) is 13.0 Å². The standard InChI is InChI=1S/C11H12ClFN2O2/c12-8-2-1-3-9(13)10(8)11(16)15-17-7-4-5-14-6-7/h1-3,7,14H,4-6H2,(H,15,16). The lowest BCUT2D eigenvalue weighted by Crippen LogP contribution is -2.31. The molecule has 1 amide bonds. The molecule has 1 aliphatic rings. The smallest absolute Gasteiger partial charge is 0.279 e. The normalized spacial score (nSPS) is 19.3. The van der Waals surface area contributed by atoms with Gasteiger partial charge in [0.25, 0.3) is 5.91 Å². The van der Waals surface area contributed by atoms with Crippen LogP contribution < -0.4 is 10.8 Å². The zero-order valence-corrected chi connectivity index (χ0v) is 9.76. The molecule has 17 heavy (non-hydrogen) atoms. The fourth-order valence-corrected chi connectivity index (χ4v) is 1.88. The van der Waals surface area contributed by atoms with Crippen LogP contribution >= 0.6 is 11.6 Å². The molecular formula is C11H12ClFN2O2. The second-order valence-corrected chi connectivity index (χ2v) is 4.17. The van der Waals surface area contributed by atoms with Gasteiger partial charge in [-0.3, -0.25) is 9.63 Å². The number of nitrogens with one attached hydrogen (secondary N) is 2. The van der Waals surface area contributed by atoms with Crippen molar-refractivity contribution in [3.8, 4) is 0 Å². The van der Waals surface area contributed by atoms with E-state index in [0.29, 0.717) is 6.54 Å². The van der Waals surface area contributed by atoms with E-state index in [-0.39, 0.29) is 16.7 Å². The Morgan fingerprint density at radius 1 is 1.59 bits per heavy atom. The summed E-state index contributed by atoms with van der Waals surface area (Å²) in [6.45, 7) is 1.52. The first-order valence-electron chi connectivity index (χ1n) is 5.29. The summed E-state index contributed by atoms with van der Waals surface area (Å²) < 4.78 is 13.4. The SMILES string of the molecule is O=C(NOC1CCNC1)c1c(F)cccc1Cl. The summed E-state index contributed by atoms with van der Waals surface area (Å²) in [6, 6.07) is 4.07. The maximum absolute atomic E-state index is 13.4. The molecule has 4 nitrogen and oxygen atoms in total. The van der Waals surface area contributed by atoms with Gasteiger partial charge in [0.15, 0.2) is 0 Å². The number of benzene rings is 1. The molecule has 1 saturated heterocycles. The van der Waals surface area contributed by atoms with Crippen LogP contribution in [0.3, 0.4) is 0 Å². The first-order chi connectivity index (χ1) is 8.18. The van der Waals surface area contributed by atoms with Gasteiger partial charge in [-0.15, -0.1) is 0 Å². The molecule has 0 spiro atoms. The Labute approximate surface area is 103 Å². The predicted octanol–water partition coefficient (Wildman–Crippen LogP) is 1.50. The van der Waals surface area contributed by atoms with Crippen molar-refractivity contribution in [1.29, 1.82) is 0 Å². The molecule has 0 aromatic heterocycles. The largest absolute Gasteiger partial charge is 0.314 e. The van der Waals surface area contributed by atoms with Crippen molar-refractivity contribution in [3.05, 3.63) is 34.6 Å². The lowest BCUT2D eigenvalue weighted by atomic mass is 10.2. The third kappa shape index (κ3) is 2.94. The second kappa shape index (κ2) is 5.44. The van der Waals surface area contributed by atoms with Crippen molar-refractivity contribution in [1.82, 2.24) is 10.8 Å². The molecule has 0 bridgehead atoms. The monoisotopic (exact) mass is 258 g/mol. The summed E-state index contributed by atoms with van der Waals surface area (Å²) in [5.41, 5.74) is 2.02. The van der Waals surface area contributed by atoms with Crippen LogP contribution in [0, 0.1) is 5.82 Å². The van der Waals surface area contributed by atoms with Gasteiger partial charge < -0.3 is 5.32 Å². The van der Waals surface area contributed by atoms with E-state index < -0.39 is 11.7 Å². The molecule has 6 heteroatoms. The van der Waals surface area contributed by atoms with Gasteiger partial charge in [-0.1, -0.05) is 17.7 Å². The number of hydrogen-bond acceptors (Lipinski definition) is 3. The van der Waals surface area contributed by atoms with Crippen molar-refractivity contribution >= 4 is 17.5 Å². The quantitative estimate of drug-likeness (QED) is 0.808. The van der Waals surface area contributed by atoms with Crippen LogP contribution in [0.15, 0.2) is 18.2 Å². The number of rotatable bonds is 3. The molecule has 1 fully saturated rings. The lowest BCUT2D eigenvalue weighted by molar-refractivity contribution is -0.00702. The van der Waals surface area contributed by atoms with Gasteiger partial charge >= 0.3 is 0 Å². The van der Waals surface area contributed by atoms with Crippen molar-refractivity contribution in [2.45, 2.75) is 12.5 Å². The Hall–Kier alpha value is -1.17. The Morgan fingerprint density at radius 2 is 2.41 bits per heavy atom.